The summed E-state index contributed by atoms with van der Waals surface area (Å²) in [6, 6.07) is 8.10. The molecule has 4 heteroatoms. The van der Waals surface area contributed by atoms with E-state index in [1.54, 1.807) is 6.92 Å². The second-order valence-corrected chi connectivity index (χ2v) is 5.94. The number of thiazole rings is 1. The first-order valence-corrected chi connectivity index (χ1v) is 8.17. The Morgan fingerprint density at radius 3 is 2.62 bits per heavy atom. The van der Waals surface area contributed by atoms with Gasteiger partial charge in [-0.1, -0.05) is 32.0 Å². The molecule has 0 saturated carbocycles. The molecule has 1 heterocycles. The number of rotatable bonds is 7. The average Bonchev–Trinajstić information content (AvgIpc) is 2.91. The van der Waals surface area contributed by atoms with E-state index in [4.69, 9.17) is 4.74 Å². The molecule has 112 valence electrons. The van der Waals surface area contributed by atoms with E-state index < -0.39 is 0 Å². The molecule has 0 spiro atoms. The van der Waals surface area contributed by atoms with Crippen LogP contribution in [-0.4, -0.2) is 17.4 Å². The predicted molar refractivity (Wildman–Crippen MR) is 86.5 cm³/mol. The number of hydrogen-bond donors (Lipinski definition) is 0. The van der Waals surface area contributed by atoms with Gasteiger partial charge in [-0.25, -0.2) is 4.98 Å². The van der Waals surface area contributed by atoms with Gasteiger partial charge in [0.25, 0.3) is 0 Å². The van der Waals surface area contributed by atoms with Crippen LogP contribution in [0, 0.1) is 0 Å². The van der Waals surface area contributed by atoms with Gasteiger partial charge < -0.3 is 4.74 Å². The van der Waals surface area contributed by atoms with Crippen molar-refractivity contribution in [2.75, 3.05) is 6.61 Å². The Hall–Kier alpha value is -1.68. The first kappa shape index (κ1) is 15.7. The summed E-state index contributed by atoms with van der Waals surface area (Å²) in [5, 5.41) is 0.978. The Morgan fingerprint density at radius 2 is 2.00 bits per heavy atom. The zero-order valence-corrected chi connectivity index (χ0v) is 13.6. The summed E-state index contributed by atoms with van der Waals surface area (Å²) in [7, 11) is 0. The van der Waals surface area contributed by atoms with Crippen LogP contribution in [0.1, 0.15) is 46.7 Å². The number of benzene rings is 1. The third-order valence-electron chi connectivity index (χ3n) is 3.32. The lowest BCUT2D eigenvalue weighted by atomic mass is 10.1. The standard InChI is InChI=1S/C17H21NO2S/c1-4-13-8-6-7-9-15(13)20-11-10-16-18-14(5-2)17(21-16)12(3)19/h6-9H,4-5,10-11H2,1-3H3. The molecule has 0 amide bonds. The summed E-state index contributed by atoms with van der Waals surface area (Å²) in [4.78, 5) is 16.9. The van der Waals surface area contributed by atoms with E-state index in [2.05, 4.69) is 18.0 Å². The lowest BCUT2D eigenvalue weighted by molar-refractivity contribution is 0.102. The maximum atomic E-state index is 11.6. The van der Waals surface area contributed by atoms with Crippen molar-refractivity contribution in [1.29, 1.82) is 0 Å². The minimum atomic E-state index is 0.104. The molecule has 0 atom stereocenters. The molecular formula is C17H21NO2S. The fourth-order valence-electron chi connectivity index (χ4n) is 2.21. The second kappa shape index (κ2) is 7.36. The van der Waals surface area contributed by atoms with E-state index in [0.29, 0.717) is 6.61 Å². The molecule has 0 aliphatic heterocycles. The third kappa shape index (κ3) is 3.91. The Morgan fingerprint density at radius 1 is 1.24 bits per heavy atom. The molecule has 2 rings (SSSR count). The Balaban J connectivity index is 1.99. The second-order valence-electron chi connectivity index (χ2n) is 4.85. The summed E-state index contributed by atoms with van der Waals surface area (Å²) in [5.41, 5.74) is 2.13. The van der Waals surface area contributed by atoms with Gasteiger partial charge in [-0.05, 0) is 24.5 Å². The molecule has 0 radical (unpaired) electrons. The first-order chi connectivity index (χ1) is 10.2. The Kier molecular flexibility index (Phi) is 5.51. The molecule has 3 nitrogen and oxygen atoms in total. The van der Waals surface area contributed by atoms with E-state index >= 15 is 0 Å². The summed E-state index contributed by atoms with van der Waals surface area (Å²) in [6.45, 7) is 6.34. The lowest BCUT2D eigenvalue weighted by Crippen LogP contribution is -2.03. The number of para-hydroxylation sites is 1. The van der Waals surface area contributed by atoms with Crippen molar-refractivity contribution in [1.82, 2.24) is 4.98 Å². The van der Waals surface area contributed by atoms with Gasteiger partial charge in [0.2, 0.25) is 0 Å². The quantitative estimate of drug-likeness (QED) is 0.723. The molecule has 0 fully saturated rings. The molecule has 1 aromatic carbocycles. The van der Waals surface area contributed by atoms with Crippen molar-refractivity contribution in [2.24, 2.45) is 0 Å². The van der Waals surface area contributed by atoms with Gasteiger partial charge in [-0.2, -0.15) is 0 Å². The zero-order chi connectivity index (χ0) is 15.2. The SMILES string of the molecule is CCc1ccccc1OCCc1nc(CC)c(C(C)=O)s1. The molecule has 0 aliphatic carbocycles. The number of ketones is 1. The fourth-order valence-corrected chi connectivity index (χ4v) is 3.24. The number of carbonyl (C=O) groups excluding carboxylic acids is 1. The van der Waals surface area contributed by atoms with Gasteiger partial charge in [-0.3, -0.25) is 4.79 Å². The highest BCUT2D eigenvalue weighted by Crippen LogP contribution is 2.22. The van der Waals surface area contributed by atoms with Crippen molar-refractivity contribution in [3.63, 3.8) is 0 Å². The molecule has 1 aromatic heterocycles. The number of hydrogen-bond acceptors (Lipinski definition) is 4. The smallest absolute Gasteiger partial charge is 0.171 e. The summed E-state index contributed by atoms with van der Waals surface area (Å²) >= 11 is 1.50. The lowest BCUT2D eigenvalue weighted by Gasteiger charge is -2.09. The molecular weight excluding hydrogens is 282 g/mol. The minimum absolute atomic E-state index is 0.104. The van der Waals surface area contributed by atoms with Crippen molar-refractivity contribution < 1.29 is 9.53 Å². The van der Waals surface area contributed by atoms with Crippen LogP contribution < -0.4 is 4.74 Å². The summed E-state index contributed by atoms with van der Waals surface area (Å²) < 4.78 is 5.86. The van der Waals surface area contributed by atoms with Crippen molar-refractivity contribution in [2.45, 2.75) is 40.0 Å². The van der Waals surface area contributed by atoms with Crippen LogP contribution in [0.4, 0.5) is 0 Å². The maximum absolute atomic E-state index is 11.6. The molecule has 0 saturated heterocycles. The van der Waals surface area contributed by atoms with Crippen LogP contribution in [0.2, 0.25) is 0 Å². The normalized spacial score (nSPS) is 10.6. The summed E-state index contributed by atoms with van der Waals surface area (Å²) in [6.07, 6.45) is 2.50. The fraction of sp³-hybridized carbons (Fsp3) is 0.412. The molecule has 0 N–H and O–H groups in total. The highest BCUT2D eigenvalue weighted by atomic mass is 32.1. The van der Waals surface area contributed by atoms with Gasteiger partial charge in [0.15, 0.2) is 5.78 Å². The van der Waals surface area contributed by atoms with Crippen molar-refractivity contribution in [3.8, 4) is 5.75 Å². The van der Waals surface area contributed by atoms with Crippen LogP contribution in [0.5, 0.6) is 5.75 Å². The highest BCUT2D eigenvalue weighted by molar-refractivity contribution is 7.13. The van der Waals surface area contributed by atoms with E-state index in [9.17, 15) is 4.79 Å². The van der Waals surface area contributed by atoms with E-state index in [1.807, 2.05) is 25.1 Å². The molecule has 0 unspecified atom stereocenters. The number of nitrogens with zero attached hydrogens (tertiary/aromatic N) is 1. The van der Waals surface area contributed by atoms with Gasteiger partial charge in [-0.15, -0.1) is 11.3 Å². The topological polar surface area (TPSA) is 39.2 Å². The van der Waals surface area contributed by atoms with E-state index in [0.717, 1.165) is 40.6 Å². The molecule has 0 aliphatic rings. The van der Waals surface area contributed by atoms with Gasteiger partial charge in [0.05, 0.1) is 22.2 Å². The molecule has 21 heavy (non-hydrogen) atoms. The van der Waals surface area contributed by atoms with Crippen LogP contribution in [0.15, 0.2) is 24.3 Å². The highest BCUT2D eigenvalue weighted by Gasteiger charge is 2.13. The van der Waals surface area contributed by atoms with E-state index in [-0.39, 0.29) is 5.78 Å². The maximum Gasteiger partial charge on any atom is 0.171 e. The Bertz CT molecular complexity index is 619. The third-order valence-corrected chi connectivity index (χ3v) is 4.58. The number of aryl methyl sites for hydroxylation is 2. The van der Waals surface area contributed by atoms with Gasteiger partial charge in [0.1, 0.15) is 5.75 Å². The number of carbonyl (C=O) groups is 1. The van der Waals surface area contributed by atoms with Crippen LogP contribution in [0.25, 0.3) is 0 Å². The van der Waals surface area contributed by atoms with Crippen molar-refractivity contribution >= 4 is 17.1 Å². The molecule has 0 bridgehead atoms. The van der Waals surface area contributed by atoms with Crippen molar-refractivity contribution in [3.05, 3.63) is 45.4 Å². The first-order valence-electron chi connectivity index (χ1n) is 7.35. The average molecular weight is 303 g/mol. The number of ether oxygens (including phenoxy) is 1. The van der Waals surface area contributed by atoms with Gasteiger partial charge >= 0.3 is 0 Å². The van der Waals surface area contributed by atoms with Crippen LogP contribution in [0.3, 0.4) is 0 Å². The summed E-state index contributed by atoms with van der Waals surface area (Å²) in [5.74, 6) is 1.05. The van der Waals surface area contributed by atoms with Crippen LogP contribution in [-0.2, 0) is 19.3 Å². The zero-order valence-electron chi connectivity index (χ0n) is 12.8. The van der Waals surface area contributed by atoms with E-state index in [1.165, 1.54) is 16.9 Å². The monoisotopic (exact) mass is 303 g/mol. The van der Waals surface area contributed by atoms with Crippen LogP contribution >= 0.6 is 11.3 Å². The molecule has 2 aromatic rings. The number of aromatic nitrogens is 1. The number of Topliss-reactive ketones (excluding diaryl/α,β-unsaturated/α-hetero) is 1. The predicted octanol–water partition coefficient (Wildman–Crippen LogP) is 4.09. The Labute approximate surface area is 130 Å². The minimum Gasteiger partial charge on any atom is -0.493 e. The van der Waals surface area contributed by atoms with Gasteiger partial charge in [0, 0.05) is 13.3 Å². The largest absolute Gasteiger partial charge is 0.493 e.